The number of nitrogens with zero attached hydrogens (tertiary/aromatic N) is 2. The van der Waals surface area contributed by atoms with Gasteiger partial charge in [0.1, 0.15) is 0 Å². The number of methoxy groups -OCH3 is 1. The van der Waals surface area contributed by atoms with Gasteiger partial charge in [0, 0.05) is 57.8 Å². The van der Waals surface area contributed by atoms with Crippen molar-refractivity contribution in [3.05, 3.63) is 0 Å². The molecule has 1 N–H and O–H groups in total. The molecule has 2 fully saturated rings. The first kappa shape index (κ1) is 17.7. The molecule has 0 spiro atoms. The highest BCUT2D eigenvalue weighted by Crippen LogP contribution is 2.26. The van der Waals surface area contributed by atoms with Gasteiger partial charge in [-0.05, 0) is 39.5 Å². The lowest BCUT2D eigenvalue weighted by atomic mass is 9.85. The van der Waals surface area contributed by atoms with Gasteiger partial charge < -0.3 is 15.0 Å². The van der Waals surface area contributed by atoms with Crippen LogP contribution in [0.5, 0.6) is 0 Å². The second kappa shape index (κ2) is 8.85. The molecule has 22 heavy (non-hydrogen) atoms. The first-order valence-corrected chi connectivity index (χ1v) is 8.87. The maximum absolute atomic E-state index is 12.7. The van der Waals surface area contributed by atoms with Crippen LogP contribution in [-0.2, 0) is 9.53 Å². The van der Waals surface area contributed by atoms with Crippen molar-refractivity contribution < 1.29 is 9.53 Å². The van der Waals surface area contributed by atoms with Gasteiger partial charge in [-0.2, -0.15) is 0 Å². The largest absolute Gasteiger partial charge is 0.383 e. The predicted molar refractivity (Wildman–Crippen MR) is 88.9 cm³/mol. The van der Waals surface area contributed by atoms with Gasteiger partial charge in [-0.1, -0.05) is 0 Å². The number of rotatable bonds is 6. The van der Waals surface area contributed by atoms with Crippen molar-refractivity contribution in [2.45, 2.75) is 51.6 Å². The molecular weight excluding hydrogens is 278 g/mol. The number of hydrogen-bond donors (Lipinski definition) is 1. The average Bonchev–Trinajstić information content (AvgIpc) is 2.55. The van der Waals surface area contributed by atoms with Gasteiger partial charge in [-0.25, -0.2) is 0 Å². The molecular formula is C17H33N3O2. The van der Waals surface area contributed by atoms with E-state index in [0.717, 1.165) is 65.0 Å². The molecule has 1 amide bonds. The molecule has 128 valence electrons. The SMILES string of the molecule is COCCNC1CCC(C(=O)N2CCN(C(C)C)CC2)CC1. The van der Waals surface area contributed by atoms with Gasteiger partial charge in [-0.3, -0.25) is 9.69 Å². The summed E-state index contributed by atoms with van der Waals surface area (Å²) in [5.41, 5.74) is 0. The highest BCUT2D eigenvalue weighted by molar-refractivity contribution is 5.79. The smallest absolute Gasteiger partial charge is 0.225 e. The van der Waals surface area contributed by atoms with Gasteiger partial charge in [-0.15, -0.1) is 0 Å². The Morgan fingerprint density at radius 2 is 1.77 bits per heavy atom. The Kier molecular flexibility index (Phi) is 7.12. The number of nitrogens with one attached hydrogen (secondary N) is 1. The topological polar surface area (TPSA) is 44.8 Å². The molecule has 0 aromatic carbocycles. The van der Waals surface area contributed by atoms with E-state index < -0.39 is 0 Å². The average molecular weight is 311 g/mol. The fourth-order valence-electron chi connectivity index (χ4n) is 3.63. The van der Waals surface area contributed by atoms with E-state index in [1.165, 1.54) is 0 Å². The van der Waals surface area contributed by atoms with Gasteiger partial charge in [0.15, 0.2) is 0 Å². The Hall–Kier alpha value is -0.650. The van der Waals surface area contributed by atoms with E-state index in [4.69, 9.17) is 4.74 Å². The highest BCUT2D eigenvalue weighted by atomic mass is 16.5. The summed E-state index contributed by atoms with van der Waals surface area (Å²) in [7, 11) is 1.73. The monoisotopic (exact) mass is 311 g/mol. The third-order valence-electron chi connectivity index (χ3n) is 5.17. The summed E-state index contributed by atoms with van der Waals surface area (Å²) in [4.78, 5) is 17.2. The van der Waals surface area contributed by atoms with Crippen LogP contribution in [0.2, 0.25) is 0 Å². The Balaban J connectivity index is 1.69. The maximum atomic E-state index is 12.7. The third kappa shape index (κ3) is 4.93. The zero-order valence-corrected chi connectivity index (χ0v) is 14.5. The summed E-state index contributed by atoms with van der Waals surface area (Å²) in [6.45, 7) is 10.0. The normalized spacial score (nSPS) is 27.4. The summed E-state index contributed by atoms with van der Waals surface area (Å²) in [5, 5.41) is 3.52. The van der Waals surface area contributed by atoms with Crippen LogP contribution in [0, 0.1) is 5.92 Å². The Bertz CT molecular complexity index is 333. The summed E-state index contributed by atoms with van der Waals surface area (Å²) in [6, 6.07) is 1.16. The van der Waals surface area contributed by atoms with Crippen LogP contribution in [0.25, 0.3) is 0 Å². The Morgan fingerprint density at radius 1 is 1.14 bits per heavy atom. The Labute approximate surface area is 135 Å². The lowest BCUT2D eigenvalue weighted by Gasteiger charge is -2.39. The van der Waals surface area contributed by atoms with E-state index in [2.05, 4.69) is 29.0 Å². The first-order valence-electron chi connectivity index (χ1n) is 8.87. The zero-order valence-electron chi connectivity index (χ0n) is 14.5. The van der Waals surface area contributed by atoms with Crippen LogP contribution < -0.4 is 5.32 Å². The number of piperazine rings is 1. The molecule has 0 atom stereocenters. The first-order chi connectivity index (χ1) is 10.6. The van der Waals surface area contributed by atoms with Gasteiger partial charge >= 0.3 is 0 Å². The van der Waals surface area contributed by atoms with E-state index in [1.807, 2.05) is 0 Å². The number of hydrogen-bond acceptors (Lipinski definition) is 4. The molecule has 1 saturated heterocycles. The third-order valence-corrected chi connectivity index (χ3v) is 5.17. The van der Waals surface area contributed by atoms with Crippen molar-refractivity contribution in [1.29, 1.82) is 0 Å². The van der Waals surface area contributed by atoms with E-state index in [1.54, 1.807) is 7.11 Å². The molecule has 0 bridgehead atoms. The lowest BCUT2D eigenvalue weighted by molar-refractivity contribution is -0.138. The minimum absolute atomic E-state index is 0.256. The molecule has 1 saturated carbocycles. The molecule has 1 heterocycles. The number of amides is 1. The van der Waals surface area contributed by atoms with Crippen molar-refractivity contribution >= 4 is 5.91 Å². The van der Waals surface area contributed by atoms with Crippen LogP contribution in [0.15, 0.2) is 0 Å². The summed E-state index contributed by atoms with van der Waals surface area (Å²) in [5.74, 6) is 0.657. The molecule has 2 aliphatic rings. The molecule has 1 aliphatic carbocycles. The van der Waals surface area contributed by atoms with E-state index in [0.29, 0.717) is 18.0 Å². The van der Waals surface area contributed by atoms with E-state index in [9.17, 15) is 4.79 Å². The second-order valence-electron chi connectivity index (χ2n) is 6.95. The Morgan fingerprint density at radius 3 is 2.32 bits per heavy atom. The van der Waals surface area contributed by atoms with Crippen molar-refractivity contribution in [2.75, 3.05) is 46.4 Å². The van der Waals surface area contributed by atoms with Crippen LogP contribution >= 0.6 is 0 Å². The van der Waals surface area contributed by atoms with E-state index in [-0.39, 0.29) is 5.92 Å². The fourth-order valence-corrected chi connectivity index (χ4v) is 3.63. The molecule has 2 rings (SSSR count). The standard InChI is InChI=1S/C17H33N3O2/c1-14(2)19-9-11-20(12-10-19)17(21)15-4-6-16(7-5-15)18-8-13-22-3/h14-16,18H,4-13H2,1-3H3. The van der Waals surface area contributed by atoms with Gasteiger partial charge in [0.25, 0.3) is 0 Å². The quantitative estimate of drug-likeness (QED) is 0.752. The molecule has 5 heteroatoms. The predicted octanol–water partition coefficient (Wildman–Crippen LogP) is 1.33. The van der Waals surface area contributed by atoms with Crippen LogP contribution in [0.3, 0.4) is 0 Å². The summed E-state index contributed by atoms with van der Waals surface area (Å²) < 4.78 is 5.07. The molecule has 0 radical (unpaired) electrons. The molecule has 0 unspecified atom stereocenters. The lowest BCUT2D eigenvalue weighted by Crippen LogP contribution is -2.52. The fraction of sp³-hybridized carbons (Fsp3) is 0.941. The molecule has 0 aromatic heterocycles. The highest BCUT2D eigenvalue weighted by Gasteiger charge is 2.31. The van der Waals surface area contributed by atoms with Gasteiger partial charge in [0.2, 0.25) is 5.91 Å². The molecule has 1 aliphatic heterocycles. The van der Waals surface area contributed by atoms with Crippen LogP contribution in [0.1, 0.15) is 39.5 Å². The van der Waals surface area contributed by atoms with Crippen LogP contribution in [0.4, 0.5) is 0 Å². The minimum atomic E-state index is 0.256. The second-order valence-corrected chi connectivity index (χ2v) is 6.95. The zero-order chi connectivity index (χ0) is 15.9. The van der Waals surface area contributed by atoms with Crippen molar-refractivity contribution in [2.24, 2.45) is 5.92 Å². The summed E-state index contributed by atoms with van der Waals surface area (Å²) >= 11 is 0. The summed E-state index contributed by atoms with van der Waals surface area (Å²) in [6.07, 6.45) is 4.31. The van der Waals surface area contributed by atoms with Crippen molar-refractivity contribution in [3.8, 4) is 0 Å². The van der Waals surface area contributed by atoms with Crippen molar-refractivity contribution in [1.82, 2.24) is 15.1 Å². The van der Waals surface area contributed by atoms with Gasteiger partial charge in [0.05, 0.1) is 6.61 Å². The van der Waals surface area contributed by atoms with E-state index >= 15 is 0 Å². The molecule has 0 aromatic rings. The van der Waals surface area contributed by atoms with Crippen molar-refractivity contribution in [3.63, 3.8) is 0 Å². The number of carbonyl (C=O) groups is 1. The van der Waals surface area contributed by atoms with Crippen LogP contribution in [-0.4, -0.2) is 74.2 Å². The minimum Gasteiger partial charge on any atom is -0.383 e. The maximum Gasteiger partial charge on any atom is 0.225 e. The number of carbonyl (C=O) groups excluding carboxylic acids is 1. The molecule has 5 nitrogen and oxygen atoms in total. The number of ether oxygens (including phenoxy) is 1.